The van der Waals surface area contributed by atoms with Crippen LogP contribution in [0, 0.1) is 17.8 Å². The van der Waals surface area contributed by atoms with Gasteiger partial charge in [-0.05, 0) is 25.2 Å². The zero-order chi connectivity index (χ0) is 29.0. The summed E-state index contributed by atoms with van der Waals surface area (Å²) in [6.07, 6.45) is 33.9. The van der Waals surface area contributed by atoms with Crippen molar-refractivity contribution in [3.05, 3.63) is 0 Å². The van der Waals surface area contributed by atoms with E-state index in [4.69, 9.17) is 11.5 Å². The summed E-state index contributed by atoms with van der Waals surface area (Å²) < 4.78 is 0. The van der Waals surface area contributed by atoms with Crippen LogP contribution >= 0.6 is 0 Å². The summed E-state index contributed by atoms with van der Waals surface area (Å²) in [5.41, 5.74) is 11.6. The van der Waals surface area contributed by atoms with Gasteiger partial charge in [0.15, 0.2) is 0 Å². The molecule has 0 aliphatic rings. The predicted octanol–water partition coefficient (Wildman–Crippen LogP) is 10.4. The molecule has 0 aromatic rings. The first kappa shape index (κ1) is 37.9. The summed E-state index contributed by atoms with van der Waals surface area (Å²) in [4.78, 5) is 24.3. The van der Waals surface area contributed by atoms with E-state index in [-0.39, 0.29) is 29.6 Å². The summed E-state index contributed by atoms with van der Waals surface area (Å²) in [6.45, 7) is 6.63. The second-order valence-electron chi connectivity index (χ2n) is 12.7. The van der Waals surface area contributed by atoms with Crippen LogP contribution in [0.3, 0.4) is 0 Å². The Labute approximate surface area is 244 Å². The van der Waals surface area contributed by atoms with Crippen molar-refractivity contribution in [2.24, 2.45) is 29.2 Å². The van der Waals surface area contributed by atoms with Gasteiger partial charge in [0.1, 0.15) is 0 Å². The highest BCUT2D eigenvalue weighted by Crippen LogP contribution is 2.28. The Morgan fingerprint density at radius 3 is 1.08 bits per heavy atom. The quantitative estimate of drug-likeness (QED) is 0.0841. The molecule has 2 amide bonds. The zero-order valence-corrected chi connectivity index (χ0v) is 26.8. The van der Waals surface area contributed by atoms with Gasteiger partial charge in [0, 0.05) is 11.8 Å². The summed E-state index contributed by atoms with van der Waals surface area (Å²) in [6, 6.07) is 0. The Bertz CT molecular complexity index is 551. The Balaban J connectivity index is 3.98. The van der Waals surface area contributed by atoms with Crippen molar-refractivity contribution in [2.45, 2.75) is 194 Å². The Morgan fingerprint density at radius 2 is 0.769 bits per heavy atom. The first-order valence-electron chi connectivity index (χ1n) is 17.5. The lowest BCUT2D eigenvalue weighted by Crippen LogP contribution is -2.32. The normalized spacial score (nSPS) is 13.8. The van der Waals surface area contributed by atoms with Crippen LogP contribution in [0.15, 0.2) is 0 Å². The lowest BCUT2D eigenvalue weighted by Gasteiger charge is -2.24. The molecule has 0 aliphatic carbocycles. The third-order valence-electron chi connectivity index (χ3n) is 8.89. The van der Waals surface area contributed by atoms with E-state index in [1.165, 1.54) is 141 Å². The number of amides is 2. The maximum atomic E-state index is 12.2. The van der Waals surface area contributed by atoms with Gasteiger partial charge in [-0.1, -0.05) is 175 Å². The van der Waals surface area contributed by atoms with Crippen molar-refractivity contribution in [3.63, 3.8) is 0 Å². The van der Waals surface area contributed by atoms with Crippen LogP contribution in [0.1, 0.15) is 194 Å². The van der Waals surface area contributed by atoms with E-state index in [1.807, 2.05) is 0 Å². The molecule has 0 rings (SSSR count). The molecular formula is C35H70N2O2. The number of hydrogen-bond acceptors (Lipinski definition) is 2. The standard InChI is InChI=1S/C35H70N2O2/c1-4-6-8-10-12-14-16-18-20-22-24-26-28-32(34(36)38)30-31(3)33(35(37)39)29-27-25-23-21-19-17-15-13-11-9-7-5-2/h31-33H,4-30H2,1-3H3,(H2,36,38)(H2,37,39). The molecule has 0 radical (unpaired) electrons. The number of unbranched alkanes of at least 4 members (excludes halogenated alkanes) is 22. The Hall–Kier alpha value is -1.06. The van der Waals surface area contributed by atoms with Gasteiger partial charge in [-0.3, -0.25) is 9.59 Å². The number of carbonyl (C=O) groups excluding carboxylic acids is 2. The highest BCUT2D eigenvalue weighted by molar-refractivity contribution is 5.78. The molecule has 0 saturated heterocycles. The molecule has 4 nitrogen and oxygen atoms in total. The minimum atomic E-state index is -0.210. The maximum absolute atomic E-state index is 12.2. The SMILES string of the molecule is CCCCCCCCCCCCCCC(CC(C)C(CCCCCCCCCCCCCC)C(N)=O)C(N)=O. The maximum Gasteiger partial charge on any atom is 0.220 e. The molecule has 39 heavy (non-hydrogen) atoms. The first-order chi connectivity index (χ1) is 18.9. The van der Waals surface area contributed by atoms with Crippen molar-refractivity contribution >= 4 is 11.8 Å². The van der Waals surface area contributed by atoms with Gasteiger partial charge in [-0.25, -0.2) is 0 Å². The van der Waals surface area contributed by atoms with E-state index in [0.29, 0.717) is 6.42 Å². The van der Waals surface area contributed by atoms with E-state index in [1.54, 1.807) is 0 Å². The minimum absolute atomic E-state index is 0.116. The van der Waals surface area contributed by atoms with Crippen LogP contribution in [-0.2, 0) is 9.59 Å². The van der Waals surface area contributed by atoms with Gasteiger partial charge in [0.2, 0.25) is 11.8 Å². The Morgan fingerprint density at radius 1 is 0.462 bits per heavy atom. The third-order valence-corrected chi connectivity index (χ3v) is 8.89. The van der Waals surface area contributed by atoms with Crippen molar-refractivity contribution in [1.82, 2.24) is 0 Å². The van der Waals surface area contributed by atoms with Gasteiger partial charge in [-0.2, -0.15) is 0 Å². The molecule has 4 N–H and O–H groups in total. The van der Waals surface area contributed by atoms with Crippen molar-refractivity contribution in [2.75, 3.05) is 0 Å². The van der Waals surface area contributed by atoms with Crippen LogP contribution in [0.2, 0.25) is 0 Å². The molecule has 0 saturated carbocycles. The summed E-state index contributed by atoms with van der Waals surface area (Å²) >= 11 is 0. The van der Waals surface area contributed by atoms with E-state index < -0.39 is 0 Å². The Kier molecular flexibility index (Phi) is 27.7. The topological polar surface area (TPSA) is 86.2 Å². The third kappa shape index (κ3) is 24.5. The lowest BCUT2D eigenvalue weighted by molar-refractivity contribution is -0.126. The second kappa shape index (κ2) is 28.5. The number of hydrogen-bond donors (Lipinski definition) is 2. The molecule has 3 atom stereocenters. The van der Waals surface area contributed by atoms with E-state index >= 15 is 0 Å². The molecule has 0 aliphatic heterocycles. The average molecular weight is 551 g/mol. The van der Waals surface area contributed by atoms with Gasteiger partial charge < -0.3 is 11.5 Å². The number of primary amides is 2. The fraction of sp³-hybridized carbons (Fsp3) is 0.943. The predicted molar refractivity (Wildman–Crippen MR) is 171 cm³/mol. The fourth-order valence-electron chi connectivity index (χ4n) is 6.13. The summed E-state index contributed by atoms with van der Waals surface area (Å²) in [5, 5.41) is 0. The molecule has 3 unspecified atom stereocenters. The van der Waals surface area contributed by atoms with E-state index in [0.717, 1.165) is 25.7 Å². The zero-order valence-electron chi connectivity index (χ0n) is 26.8. The van der Waals surface area contributed by atoms with Gasteiger partial charge >= 0.3 is 0 Å². The number of rotatable bonds is 31. The summed E-state index contributed by atoms with van der Waals surface area (Å²) in [7, 11) is 0. The molecule has 0 aromatic carbocycles. The van der Waals surface area contributed by atoms with Gasteiger partial charge in [-0.15, -0.1) is 0 Å². The monoisotopic (exact) mass is 551 g/mol. The lowest BCUT2D eigenvalue weighted by atomic mass is 9.80. The molecule has 0 bridgehead atoms. The van der Waals surface area contributed by atoms with Crippen molar-refractivity contribution in [1.29, 1.82) is 0 Å². The molecular weight excluding hydrogens is 480 g/mol. The average Bonchev–Trinajstić information content (AvgIpc) is 2.90. The molecule has 0 spiro atoms. The summed E-state index contributed by atoms with van der Waals surface area (Å²) in [5.74, 6) is -0.577. The first-order valence-corrected chi connectivity index (χ1v) is 17.5. The molecule has 0 heterocycles. The van der Waals surface area contributed by atoms with Crippen LogP contribution in [0.5, 0.6) is 0 Å². The van der Waals surface area contributed by atoms with Gasteiger partial charge in [0.05, 0.1) is 0 Å². The van der Waals surface area contributed by atoms with E-state index in [2.05, 4.69) is 20.8 Å². The largest absolute Gasteiger partial charge is 0.369 e. The highest BCUT2D eigenvalue weighted by atomic mass is 16.1. The molecule has 0 fully saturated rings. The smallest absolute Gasteiger partial charge is 0.220 e. The van der Waals surface area contributed by atoms with Gasteiger partial charge in [0.25, 0.3) is 0 Å². The molecule has 0 aromatic heterocycles. The fourth-order valence-corrected chi connectivity index (χ4v) is 6.13. The van der Waals surface area contributed by atoms with Crippen molar-refractivity contribution in [3.8, 4) is 0 Å². The number of carbonyl (C=O) groups is 2. The second-order valence-corrected chi connectivity index (χ2v) is 12.7. The van der Waals surface area contributed by atoms with Crippen LogP contribution in [-0.4, -0.2) is 11.8 Å². The van der Waals surface area contributed by atoms with Crippen LogP contribution in [0.4, 0.5) is 0 Å². The molecule has 4 heteroatoms. The van der Waals surface area contributed by atoms with Crippen LogP contribution < -0.4 is 11.5 Å². The van der Waals surface area contributed by atoms with E-state index in [9.17, 15) is 9.59 Å². The van der Waals surface area contributed by atoms with Crippen LogP contribution in [0.25, 0.3) is 0 Å². The number of nitrogens with two attached hydrogens (primary N) is 2. The molecule has 232 valence electrons. The highest BCUT2D eigenvalue weighted by Gasteiger charge is 2.27. The van der Waals surface area contributed by atoms with Crippen molar-refractivity contribution < 1.29 is 9.59 Å². The minimum Gasteiger partial charge on any atom is -0.369 e.